The standard InChI is InChI=1S/C23H29F2N3O/c1-15(2)18-4-8-26-22(13-18)23(6-7-23)27-9-5-21(28-16(3)29)12-17-10-19(24)14-20(25)11-17/h4,8,10-11,13-15,21,27H,5-7,9,12H2,1-3H3,(H,28,29)/t21-/m1/s1. The number of aromatic nitrogens is 1. The Bertz CT molecular complexity index is 845. The van der Waals surface area contributed by atoms with Crippen LogP contribution in [-0.2, 0) is 16.8 Å². The molecule has 2 N–H and O–H groups in total. The number of carbonyl (C=O) groups is 1. The highest BCUT2D eigenvalue weighted by Gasteiger charge is 2.45. The van der Waals surface area contributed by atoms with Crippen LogP contribution in [0.2, 0.25) is 0 Å². The van der Waals surface area contributed by atoms with Crippen LogP contribution < -0.4 is 10.6 Å². The average molecular weight is 402 g/mol. The number of carbonyl (C=O) groups excluding carboxylic acids is 1. The second-order valence-electron chi connectivity index (χ2n) is 8.31. The Morgan fingerprint density at radius 3 is 2.45 bits per heavy atom. The molecular formula is C23H29F2N3O. The van der Waals surface area contributed by atoms with Crippen LogP contribution in [0.5, 0.6) is 0 Å². The van der Waals surface area contributed by atoms with E-state index in [-0.39, 0.29) is 17.5 Å². The first-order valence-electron chi connectivity index (χ1n) is 10.2. The highest BCUT2D eigenvalue weighted by atomic mass is 19.1. The van der Waals surface area contributed by atoms with Gasteiger partial charge in [0.15, 0.2) is 0 Å². The minimum atomic E-state index is -0.604. The molecule has 0 bridgehead atoms. The number of rotatable bonds is 9. The molecular weight excluding hydrogens is 372 g/mol. The molecule has 1 aromatic heterocycles. The molecule has 1 aliphatic rings. The summed E-state index contributed by atoms with van der Waals surface area (Å²) in [5, 5.41) is 6.50. The summed E-state index contributed by atoms with van der Waals surface area (Å²) in [6.07, 6.45) is 4.96. The quantitative estimate of drug-likeness (QED) is 0.662. The SMILES string of the molecule is CC(=O)N[C@H](CCNC1(c2cc(C(C)C)ccn2)CC1)Cc1cc(F)cc(F)c1. The van der Waals surface area contributed by atoms with Gasteiger partial charge in [-0.2, -0.15) is 0 Å². The fraction of sp³-hybridized carbons (Fsp3) is 0.478. The first-order chi connectivity index (χ1) is 13.8. The van der Waals surface area contributed by atoms with Gasteiger partial charge in [-0.15, -0.1) is 0 Å². The number of hydrogen-bond acceptors (Lipinski definition) is 3. The van der Waals surface area contributed by atoms with Crippen molar-refractivity contribution in [3.63, 3.8) is 0 Å². The smallest absolute Gasteiger partial charge is 0.217 e. The molecule has 6 heteroatoms. The van der Waals surface area contributed by atoms with Gasteiger partial charge in [0, 0.05) is 25.2 Å². The summed E-state index contributed by atoms with van der Waals surface area (Å²) < 4.78 is 27.0. The van der Waals surface area contributed by atoms with Gasteiger partial charge in [0.1, 0.15) is 11.6 Å². The molecule has 0 radical (unpaired) electrons. The second kappa shape index (κ2) is 8.99. The molecule has 2 aromatic rings. The Morgan fingerprint density at radius 2 is 1.86 bits per heavy atom. The molecule has 0 unspecified atom stereocenters. The molecule has 1 aromatic carbocycles. The van der Waals surface area contributed by atoms with Crippen molar-refractivity contribution in [2.24, 2.45) is 0 Å². The lowest BCUT2D eigenvalue weighted by atomic mass is 10.0. The highest BCUT2D eigenvalue weighted by Crippen LogP contribution is 2.45. The summed E-state index contributed by atoms with van der Waals surface area (Å²) in [7, 11) is 0. The summed E-state index contributed by atoms with van der Waals surface area (Å²) in [6, 6.07) is 7.50. The lowest BCUT2D eigenvalue weighted by molar-refractivity contribution is -0.119. The maximum absolute atomic E-state index is 13.5. The fourth-order valence-electron chi connectivity index (χ4n) is 3.73. The minimum Gasteiger partial charge on any atom is -0.353 e. The molecule has 1 saturated carbocycles. The predicted octanol–water partition coefficient (Wildman–Crippen LogP) is 4.20. The number of nitrogens with zero attached hydrogens (tertiary/aromatic N) is 1. The Kier molecular flexibility index (Phi) is 6.63. The lowest BCUT2D eigenvalue weighted by Gasteiger charge is -2.22. The van der Waals surface area contributed by atoms with Crippen molar-refractivity contribution in [3.8, 4) is 0 Å². The van der Waals surface area contributed by atoms with Crippen LogP contribution in [0.3, 0.4) is 0 Å². The number of amides is 1. The Hall–Kier alpha value is -2.34. The summed E-state index contributed by atoms with van der Waals surface area (Å²) in [5.74, 6) is -0.914. The van der Waals surface area contributed by atoms with Gasteiger partial charge in [-0.1, -0.05) is 13.8 Å². The summed E-state index contributed by atoms with van der Waals surface area (Å²) in [6.45, 7) is 6.46. The zero-order valence-electron chi connectivity index (χ0n) is 17.3. The third kappa shape index (κ3) is 5.82. The van der Waals surface area contributed by atoms with Crippen LogP contribution in [0.4, 0.5) is 8.78 Å². The van der Waals surface area contributed by atoms with Crippen molar-refractivity contribution in [1.29, 1.82) is 0 Å². The molecule has 1 fully saturated rings. The first kappa shape index (κ1) is 21.4. The van der Waals surface area contributed by atoms with Crippen molar-refractivity contribution >= 4 is 5.91 Å². The van der Waals surface area contributed by atoms with E-state index >= 15 is 0 Å². The molecule has 29 heavy (non-hydrogen) atoms. The van der Waals surface area contributed by atoms with E-state index in [9.17, 15) is 13.6 Å². The van der Waals surface area contributed by atoms with Crippen molar-refractivity contribution in [3.05, 3.63) is 65.0 Å². The normalized spacial score (nSPS) is 15.9. The Labute approximate surface area is 171 Å². The van der Waals surface area contributed by atoms with Crippen LogP contribution in [0.1, 0.15) is 62.8 Å². The average Bonchev–Trinajstić information content (AvgIpc) is 3.41. The van der Waals surface area contributed by atoms with E-state index in [0.29, 0.717) is 30.9 Å². The van der Waals surface area contributed by atoms with Crippen molar-refractivity contribution in [2.45, 2.75) is 64.0 Å². The summed E-state index contributed by atoms with van der Waals surface area (Å²) >= 11 is 0. The van der Waals surface area contributed by atoms with Gasteiger partial charge >= 0.3 is 0 Å². The van der Waals surface area contributed by atoms with Crippen LogP contribution in [0.15, 0.2) is 36.5 Å². The largest absolute Gasteiger partial charge is 0.353 e. The van der Waals surface area contributed by atoms with Crippen LogP contribution >= 0.6 is 0 Å². The monoisotopic (exact) mass is 401 g/mol. The van der Waals surface area contributed by atoms with Crippen LogP contribution in [0.25, 0.3) is 0 Å². The Balaban J connectivity index is 1.62. The number of nitrogens with one attached hydrogen (secondary N) is 2. The highest BCUT2D eigenvalue weighted by molar-refractivity contribution is 5.73. The van der Waals surface area contributed by atoms with Gasteiger partial charge in [0.25, 0.3) is 0 Å². The van der Waals surface area contributed by atoms with E-state index in [1.54, 1.807) is 0 Å². The van der Waals surface area contributed by atoms with Gasteiger partial charge < -0.3 is 10.6 Å². The lowest BCUT2D eigenvalue weighted by Crippen LogP contribution is -2.39. The molecule has 0 spiro atoms. The van der Waals surface area contributed by atoms with E-state index in [1.165, 1.54) is 24.6 Å². The number of halogens is 2. The van der Waals surface area contributed by atoms with E-state index in [4.69, 9.17) is 0 Å². The van der Waals surface area contributed by atoms with Gasteiger partial charge in [-0.05, 0) is 73.5 Å². The van der Waals surface area contributed by atoms with Gasteiger partial charge in [-0.3, -0.25) is 9.78 Å². The molecule has 1 atom stereocenters. The molecule has 1 heterocycles. The zero-order chi connectivity index (χ0) is 21.0. The van der Waals surface area contributed by atoms with E-state index < -0.39 is 11.6 Å². The molecule has 0 saturated heterocycles. The predicted molar refractivity (Wildman–Crippen MR) is 110 cm³/mol. The van der Waals surface area contributed by atoms with E-state index in [0.717, 1.165) is 24.6 Å². The molecule has 156 valence electrons. The van der Waals surface area contributed by atoms with Crippen molar-refractivity contribution in [1.82, 2.24) is 15.6 Å². The number of pyridine rings is 1. The van der Waals surface area contributed by atoms with Gasteiger partial charge in [-0.25, -0.2) is 8.78 Å². The van der Waals surface area contributed by atoms with E-state index in [2.05, 4.69) is 41.6 Å². The fourth-order valence-corrected chi connectivity index (χ4v) is 3.73. The van der Waals surface area contributed by atoms with Crippen LogP contribution in [0, 0.1) is 11.6 Å². The van der Waals surface area contributed by atoms with Crippen LogP contribution in [-0.4, -0.2) is 23.5 Å². The first-order valence-corrected chi connectivity index (χ1v) is 10.2. The third-order valence-electron chi connectivity index (χ3n) is 5.46. The zero-order valence-corrected chi connectivity index (χ0v) is 17.3. The van der Waals surface area contributed by atoms with Crippen molar-refractivity contribution < 1.29 is 13.6 Å². The summed E-state index contributed by atoms with van der Waals surface area (Å²) in [5.41, 5.74) is 2.77. The third-order valence-corrected chi connectivity index (χ3v) is 5.46. The molecule has 1 amide bonds. The second-order valence-corrected chi connectivity index (χ2v) is 8.31. The Morgan fingerprint density at radius 1 is 1.17 bits per heavy atom. The molecule has 4 nitrogen and oxygen atoms in total. The molecule has 0 aliphatic heterocycles. The maximum atomic E-state index is 13.5. The van der Waals surface area contributed by atoms with E-state index in [1.807, 2.05) is 6.20 Å². The minimum absolute atomic E-state index is 0.101. The number of hydrogen-bond donors (Lipinski definition) is 2. The topological polar surface area (TPSA) is 54.0 Å². The maximum Gasteiger partial charge on any atom is 0.217 e. The number of benzene rings is 1. The molecule has 1 aliphatic carbocycles. The summed E-state index contributed by atoms with van der Waals surface area (Å²) in [4.78, 5) is 16.2. The molecule has 3 rings (SSSR count). The van der Waals surface area contributed by atoms with Crippen molar-refractivity contribution in [2.75, 3.05) is 6.54 Å². The van der Waals surface area contributed by atoms with Gasteiger partial charge in [0.2, 0.25) is 5.91 Å². The van der Waals surface area contributed by atoms with Gasteiger partial charge in [0.05, 0.1) is 11.2 Å².